The van der Waals surface area contributed by atoms with E-state index in [-0.39, 0.29) is 58.4 Å². The molecule has 0 aliphatic rings. The van der Waals surface area contributed by atoms with Gasteiger partial charge in [0.1, 0.15) is 6.54 Å². The maximum Gasteiger partial charge on any atom is 0.460 e. The van der Waals surface area contributed by atoms with E-state index >= 15 is 0 Å². The van der Waals surface area contributed by atoms with Crippen molar-refractivity contribution in [3.05, 3.63) is 0 Å². The molecule has 0 bridgehead atoms. The van der Waals surface area contributed by atoms with E-state index in [9.17, 15) is 87.8 Å². The summed E-state index contributed by atoms with van der Waals surface area (Å²) < 4.78 is 243. The van der Waals surface area contributed by atoms with E-state index in [1.165, 1.54) is 0 Å². The molecule has 0 aromatic heterocycles. The number of hydrogen-bond donors (Lipinski definition) is 1. The number of rotatable bonds is 10. The van der Waals surface area contributed by atoms with Gasteiger partial charge in [0.25, 0.3) is 10.0 Å². The van der Waals surface area contributed by atoms with Crippen molar-refractivity contribution in [3.8, 4) is 0 Å². The Balaban J connectivity index is 0. The Bertz CT molecular complexity index is 900. The molecule has 0 heterocycles. The summed E-state index contributed by atoms with van der Waals surface area (Å²) in [7, 11) is -7.95. The first-order chi connectivity index (χ1) is 14.3. The maximum atomic E-state index is 13.7. The number of carbonyl (C=O) groups is 1. The Kier molecular flexibility index (Phi) is 10.4. The third kappa shape index (κ3) is 5.12. The molecule has 0 amide bonds. The molecule has 0 aliphatic heterocycles. The van der Waals surface area contributed by atoms with Gasteiger partial charge in [-0.05, 0) is 0 Å². The number of carboxylic acid groups (broad SMARTS) is 1. The van der Waals surface area contributed by atoms with Gasteiger partial charge in [-0.1, -0.05) is 0 Å². The molecule has 5 nitrogen and oxygen atoms in total. The quantitative estimate of drug-likeness (QED) is 0.301. The number of nitrogens with zero attached hydrogens (tertiary/aromatic N) is 1. The van der Waals surface area contributed by atoms with E-state index in [1.807, 2.05) is 0 Å². The Morgan fingerprint density at radius 1 is 0.629 bits per heavy atom. The van der Waals surface area contributed by atoms with E-state index < -0.39 is 73.8 Å². The van der Waals surface area contributed by atoms with E-state index in [0.717, 1.165) is 0 Å². The van der Waals surface area contributed by atoms with Crippen molar-refractivity contribution < 1.29 is 93.0 Å². The fourth-order valence-electron chi connectivity index (χ4n) is 1.78. The van der Waals surface area contributed by atoms with Crippen LogP contribution in [0.4, 0.5) is 74.6 Å². The molecule has 0 saturated heterocycles. The number of alkyl halides is 17. The third-order valence-electron chi connectivity index (χ3n) is 3.79. The Hall–Kier alpha value is -0.174. The summed E-state index contributed by atoms with van der Waals surface area (Å²) >= 11 is 0. The van der Waals surface area contributed by atoms with Crippen LogP contribution in [0, 0.1) is 0 Å². The second-order valence-electron chi connectivity index (χ2n) is 6.12. The summed E-state index contributed by atoms with van der Waals surface area (Å²) in [4.78, 5) is 10.3. The van der Waals surface area contributed by atoms with Gasteiger partial charge in [0.2, 0.25) is 0 Å². The molecule has 205 valence electrons. The van der Waals surface area contributed by atoms with E-state index in [4.69, 9.17) is 5.11 Å². The average molecular weight is 610 g/mol. The van der Waals surface area contributed by atoms with Crippen LogP contribution in [0.1, 0.15) is 0 Å². The minimum absolute atomic E-state index is 0. The Morgan fingerprint density at radius 2 is 0.886 bits per heavy atom. The molecule has 0 atom stereocenters. The van der Waals surface area contributed by atoms with Gasteiger partial charge in [-0.3, -0.25) is 4.79 Å². The van der Waals surface area contributed by atoms with Crippen molar-refractivity contribution in [2.75, 3.05) is 13.6 Å². The molecule has 0 saturated carbocycles. The van der Waals surface area contributed by atoms with Gasteiger partial charge in [0, 0.05) is 58.4 Å². The van der Waals surface area contributed by atoms with Gasteiger partial charge in [-0.25, -0.2) is 8.42 Å². The number of sulfonamides is 1. The summed E-state index contributed by atoms with van der Waals surface area (Å²) in [6, 6.07) is 0. The molecule has 1 N–H and O–H groups in total. The van der Waals surface area contributed by atoms with Crippen LogP contribution >= 0.6 is 0 Å². The van der Waals surface area contributed by atoms with Crippen LogP contribution in [0.5, 0.6) is 0 Å². The molecule has 0 aliphatic carbocycles. The molecule has 0 rings (SSSR count). The van der Waals surface area contributed by atoms with Crippen LogP contribution in [0.25, 0.3) is 0 Å². The summed E-state index contributed by atoms with van der Waals surface area (Å²) in [5, 5.41) is 0.422. The fraction of sp³-hybridized carbons (Fsp3) is 0.909. The molecule has 0 aromatic rings. The SMILES string of the molecule is CN(CC(=O)O)S(=O)(=O)C(F)(F)C(F)(F)C(F)(F)C(F)(F)C(F)(F)C(F)(F)C(F)(F)C(F)(F)F.[K]. The molecule has 24 heteroatoms. The second-order valence-corrected chi connectivity index (χ2v) is 8.20. The van der Waals surface area contributed by atoms with Crippen molar-refractivity contribution in [3.63, 3.8) is 0 Å². The Morgan fingerprint density at radius 3 is 1.14 bits per heavy atom. The zero-order valence-electron chi connectivity index (χ0n) is 16.2. The number of likely N-dealkylation sites (N-methyl/N-ethyl adjacent to an activating group) is 1. The first-order valence-corrected chi connectivity index (χ1v) is 8.67. The zero-order chi connectivity index (χ0) is 28.4. The molecule has 1 radical (unpaired) electrons. The van der Waals surface area contributed by atoms with Crippen LogP contribution < -0.4 is 0 Å². The largest absolute Gasteiger partial charge is 0.480 e. The van der Waals surface area contributed by atoms with Gasteiger partial charge in [-0.15, -0.1) is 0 Å². The minimum Gasteiger partial charge on any atom is -0.480 e. The summed E-state index contributed by atoms with van der Waals surface area (Å²) in [5.74, 6) is -54.7. The first-order valence-electron chi connectivity index (χ1n) is 7.23. The normalized spacial score (nSPS) is 15.7. The molecular weight excluding hydrogens is 604 g/mol. The molecule has 35 heavy (non-hydrogen) atoms. The van der Waals surface area contributed by atoms with E-state index in [0.29, 0.717) is 0 Å². The number of hydrogen-bond acceptors (Lipinski definition) is 3. The van der Waals surface area contributed by atoms with Crippen molar-refractivity contribution in [1.82, 2.24) is 4.31 Å². The molecular formula is C11H6F17KNO4S. The number of carboxylic acids is 1. The van der Waals surface area contributed by atoms with Crippen molar-refractivity contribution in [2.24, 2.45) is 0 Å². The fourth-order valence-corrected chi connectivity index (χ4v) is 2.91. The van der Waals surface area contributed by atoms with Crippen molar-refractivity contribution >= 4 is 67.4 Å². The standard InChI is InChI=1S/C11H6F17NO4S.K/c1-29(2-3(30)31)34(32,33)11(27,28)9(22,23)7(18,19)5(14,15)4(12,13)6(16,17)8(20,21)10(24,25)26;/h2H2,1H3,(H,30,31);. The van der Waals surface area contributed by atoms with Crippen LogP contribution in [-0.2, 0) is 14.8 Å². The number of halogens is 17. The maximum absolute atomic E-state index is 13.7. The van der Waals surface area contributed by atoms with Crippen LogP contribution in [-0.4, -0.2) is 136 Å². The van der Waals surface area contributed by atoms with E-state index in [1.54, 1.807) is 0 Å². The van der Waals surface area contributed by atoms with Gasteiger partial charge in [0.05, 0.1) is 0 Å². The van der Waals surface area contributed by atoms with Gasteiger partial charge >= 0.3 is 52.9 Å². The number of aliphatic carboxylic acids is 1. The van der Waals surface area contributed by atoms with Crippen LogP contribution in [0.2, 0.25) is 0 Å². The Labute approximate surface area is 224 Å². The molecule has 0 fully saturated rings. The molecule has 0 aromatic carbocycles. The predicted octanol–water partition coefficient (Wildman–Crippen LogP) is 3.92. The summed E-state index contributed by atoms with van der Waals surface area (Å²) in [5.41, 5.74) is 0. The third-order valence-corrected chi connectivity index (χ3v) is 5.64. The summed E-state index contributed by atoms with van der Waals surface area (Å²) in [6.07, 6.45) is -7.92. The van der Waals surface area contributed by atoms with E-state index in [2.05, 4.69) is 0 Å². The average Bonchev–Trinajstić information content (AvgIpc) is 2.58. The van der Waals surface area contributed by atoms with Gasteiger partial charge < -0.3 is 5.11 Å². The van der Waals surface area contributed by atoms with Crippen molar-refractivity contribution in [2.45, 2.75) is 47.0 Å². The first kappa shape index (κ1) is 37.0. The zero-order valence-corrected chi connectivity index (χ0v) is 20.1. The minimum atomic E-state index is -8.94. The summed E-state index contributed by atoms with van der Waals surface area (Å²) in [6.45, 7) is -2.29. The molecule has 0 spiro atoms. The van der Waals surface area contributed by atoms with Crippen LogP contribution in [0.3, 0.4) is 0 Å². The predicted molar refractivity (Wildman–Crippen MR) is 75.6 cm³/mol. The topological polar surface area (TPSA) is 74.7 Å². The van der Waals surface area contributed by atoms with Gasteiger partial charge in [-0.2, -0.15) is 78.9 Å². The molecule has 0 unspecified atom stereocenters. The smallest absolute Gasteiger partial charge is 0.460 e. The monoisotopic (exact) mass is 610 g/mol. The van der Waals surface area contributed by atoms with Gasteiger partial charge in [0.15, 0.2) is 0 Å². The van der Waals surface area contributed by atoms with Crippen LogP contribution in [0.15, 0.2) is 0 Å². The van der Waals surface area contributed by atoms with Crippen molar-refractivity contribution in [1.29, 1.82) is 0 Å². The second kappa shape index (κ2) is 9.85.